The van der Waals surface area contributed by atoms with Gasteiger partial charge in [-0.15, -0.1) is 10.2 Å². The maximum atomic E-state index is 6.13. The molecule has 0 spiro atoms. The molecule has 1 aromatic heterocycles. The maximum absolute atomic E-state index is 6.13. The Hall–Kier alpha value is -1.65. The molecule has 1 N–H and O–H groups in total. The summed E-state index contributed by atoms with van der Waals surface area (Å²) in [5.41, 5.74) is 2.34. The lowest BCUT2D eigenvalue weighted by molar-refractivity contribution is 0.477. The Morgan fingerprint density at radius 2 is 2.09 bits per heavy atom. The normalized spacial score (nSPS) is 14.9. The quantitative estimate of drug-likeness (QED) is 0.635. The van der Waals surface area contributed by atoms with E-state index in [4.69, 9.17) is 16.0 Å². The van der Waals surface area contributed by atoms with Crippen LogP contribution in [-0.4, -0.2) is 16.7 Å². The Kier molecular flexibility index (Phi) is 5.24. The van der Waals surface area contributed by atoms with E-state index in [1.807, 2.05) is 24.3 Å². The largest absolute Gasteiger partial charge is 0.419 e. The molecule has 5 heteroatoms. The Morgan fingerprint density at radius 3 is 2.91 bits per heavy atom. The van der Waals surface area contributed by atoms with E-state index >= 15 is 0 Å². The van der Waals surface area contributed by atoms with Gasteiger partial charge >= 0.3 is 0 Å². The summed E-state index contributed by atoms with van der Waals surface area (Å²) in [6.45, 7) is 1.53. The molecule has 0 radical (unpaired) electrons. The number of nitrogens with zero attached hydrogens (tertiary/aromatic N) is 2. The number of aromatic nitrogens is 2. The zero-order chi connectivity index (χ0) is 15.2. The van der Waals surface area contributed by atoms with Gasteiger partial charge in [0.15, 0.2) is 0 Å². The lowest BCUT2D eigenvalue weighted by Gasteiger charge is -2.12. The number of benzene rings is 1. The van der Waals surface area contributed by atoms with Crippen molar-refractivity contribution in [1.82, 2.24) is 15.5 Å². The van der Waals surface area contributed by atoms with Crippen LogP contribution in [0, 0.1) is 0 Å². The average molecular weight is 318 g/mol. The van der Waals surface area contributed by atoms with Crippen LogP contribution in [0.4, 0.5) is 0 Å². The predicted octanol–water partition coefficient (Wildman–Crippen LogP) is 4.37. The summed E-state index contributed by atoms with van der Waals surface area (Å²) in [6.07, 6.45) is 8.64. The summed E-state index contributed by atoms with van der Waals surface area (Å²) in [4.78, 5) is 0. The third kappa shape index (κ3) is 3.96. The van der Waals surface area contributed by atoms with Crippen molar-refractivity contribution in [1.29, 1.82) is 0 Å². The van der Waals surface area contributed by atoms with Crippen molar-refractivity contribution in [2.45, 2.75) is 38.6 Å². The smallest absolute Gasteiger partial charge is 0.249 e. The van der Waals surface area contributed by atoms with E-state index < -0.39 is 0 Å². The Bertz CT molecular complexity index is 651. The first-order chi connectivity index (χ1) is 10.8. The third-order valence-corrected chi connectivity index (χ3v) is 4.18. The van der Waals surface area contributed by atoms with Crippen LogP contribution in [-0.2, 0) is 6.54 Å². The molecule has 2 aromatic rings. The van der Waals surface area contributed by atoms with E-state index in [2.05, 4.69) is 21.6 Å². The van der Waals surface area contributed by atoms with Gasteiger partial charge in [0.25, 0.3) is 0 Å². The molecule has 0 unspecified atom stereocenters. The molecule has 1 aliphatic carbocycles. The van der Waals surface area contributed by atoms with Crippen molar-refractivity contribution in [3.8, 4) is 11.5 Å². The van der Waals surface area contributed by atoms with Crippen molar-refractivity contribution in [2.24, 2.45) is 0 Å². The van der Waals surface area contributed by atoms with Crippen LogP contribution in [0.1, 0.15) is 38.0 Å². The first-order valence-electron chi connectivity index (χ1n) is 7.79. The Balaban J connectivity index is 1.50. The molecule has 1 heterocycles. The topological polar surface area (TPSA) is 51.0 Å². The summed E-state index contributed by atoms with van der Waals surface area (Å²) < 4.78 is 5.66. The molecule has 0 atom stereocenters. The van der Waals surface area contributed by atoms with E-state index in [9.17, 15) is 0 Å². The first kappa shape index (κ1) is 15.3. The standard InChI is InChI=1S/C17H20ClN3O/c18-15-9-5-4-8-14(15)17-21-20-16(22-17)12-19-11-10-13-6-2-1-3-7-13/h4-6,8-9,19H,1-3,7,10-12H2. The molecule has 1 aromatic carbocycles. The van der Waals surface area contributed by atoms with Crippen molar-refractivity contribution in [2.75, 3.05) is 6.54 Å². The molecule has 3 rings (SSSR count). The zero-order valence-electron chi connectivity index (χ0n) is 12.5. The van der Waals surface area contributed by atoms with Crippen molar-refractivity contribution in [3.05, 3.63) is 46.8 Å². The minimum atomic E-state index is 0.470. The summed E-state index contributed by atoms with van der Waals surface area (Å²) in [7, 11) is 0. The van der Waals surface area contributed by atoms with Gasteiger partial charge in [-0.3, -0.25) is 0 Å². The zero-order valence-corrected chi connectivity index (χ0v) is 13.3. The van der Waals surface area contributed by atoms with Gasteiger partial charge in [0.2, 0.25) is 11.8 Å². The molecule has 4 nitrogen and oxygen atoms in total. The fraction of sp³-hybridized carbons (Fsp3) is 0.412. The van der Waals surface area contributed by atoms with Crippen molar-refractivity contribution < 1.29 is 4.42 Å². The first-order valence-corrected chi connectivity index (χ1v) is 8.16. The highest BCUT2D eigenvalue weighted by molar-refractivity contribution is 6.33. The van der Waals surface area contributed by atoms with E-state index in [-0.39, 0.29) is 0 Å². The van der Waals surface area contributed by atoms with Gasteiger partial charge in [-0.2, -0.15) is 0 Å². The van der Waals surface area contributed by atoms with Gasteiger partial charge < -0.3 is 9.73 Å². The number of halogens is 1. The second-order valence-electron chi connectivity index (χ2n) is 5.52. The predicted molar refractivity (Wildman–Crippen MR) is 87.6 cm³/mol. The van der Waals surface area contributed by atoms with Crippen LogP contribution in [0.5, 0.6) is 0 Å². The molecular formula is C17H20ClN3O. The van der Waals surface area contributed by atoms with Crippen LogP contribution in [0.2, 0.25) is 5.02 Å². The van der Waals surface area contributed by atoms with Gasteiger partial charge in [0.05, 0.1) is 17.1 Å². The van der Waals surface area contributed by atoms with Crippen LogP contribution in [0.25, 0.3) is 11.5 Å². The fourth-order valence-electron chi connectivity index (χ4n) is 2.64. The average Bonchev–Trinajstić information content (AvgIpc) is 3.02. The lowest BCUT2D eigenvalue weighted by Crippen LogP contribution is -2.15. The SMILES string of the molecule is Clc1ccccc1-c1nnc(CNCCC2=CCCCC2)o1. The molecular weight excluding hydrogens is 298 g/mol. The number of nitrogens with one attached hydrogen (secondary N) is 1. The monoisotopic (exact) mass is 317 g/mol. The second kappa shape index (κ2) is 7.56. The Morgan fingerprint density at radius 1 is 1.18 bits per heavy atom. The number of hydrogen-bond donors (Lipinski definition) is 1. The number of rotatable bonds is 6. The van der Waals surface area contributed by atoms with Gasteiger partial charge in [0.1, 0.15) is 0 Å². The molecule has 1 aliphatic rings. The minimum absolute atomic E-state index is 0.470. The van der Waals surface area contributed by atoms with Crippen molar-refractivity contribution >= 4 is 11.6 Å². The van der Waals surface area contributed by atoms with Crippen LogP contribution < -0.4 is 5.32 Å². The van der Waals surface area contributed by atoms with Crippen LogP contribution in [0.15, 0.2) is 40.3 Å². The molecule has 0 saturated heterocycles. The summed E-state index contributed by atoms with van der Waals surface area (Å²) in [5.74, 6) is 1.06. The maximum Gasteiger partial charge on any atom is 0.249 e. The third-order valence-electron chi connectivity index (χ3n) is 3.86. The molecule has 0 aliphatic heterocycles. The summed E-state index contributed by atoms with van der Waals surface area (Å²) in [5, 5.41) is 12.1. The molecule has 22 heavy (non-hydrogen) atoms. The second-order valence-corrected chi connectivity index (χ2v) is 5.92. The number of allylic oxidation sites excluding steroid dienone is 1. The summed E-state index contributed by atoms with van der Waals surface area (Å²) >= 11 is 6.13. The molecule has 0 bridgehead atoms. The highest BCUT2D eigenvalue weighted by atomic mass is 35.5. The van der Waals surface area contributed by atoms with Gasteiger partial charge in [-0.25, -0.2) is 0 Å². The number of hydrogen-bond acceptors (Lipinski definition) is 4. The minimum Gasteiger partial charge on any atom is -0.419 e. The molecule has 0 saturated carbocycles. The van der Waals surface area contributed by atoms with Gasteiger partial charge in [-0.05, 0) is 50.8 Å². The van der Waals surface area contributed by atoms with E-state index in [1.54, 1.807) is 5.57 Å². The molecule has 116 valence electrons. The fourth-order valence-corrected chi connectivity index (χ4v) is 2.86. The highest BCUT2D eigenvalue weighted by Gasteiger charge is 2.11. The van der Waals surface area contributed by atoms with Gasteiger partial charge in [0, 0.05) is 0 Å². The van der Waals surface area contributed by atoms with Crippen LogP contribution >= 0.6 is 11.6 Å². The lowest BCUT2D eigenvalue weighted by atomic mass is 9.97. The Labute approximate surface area is 135 Å². The van der Waals surface area contributed by atoms with E-state index in [0.717, 1.165) is 18.5 Å². The molecule has 0 amide bonds. The van der Waals surface area contributed by atoms with E-state index in [1.165, 1.54) is 25.7 Å². The van der Waals surface area contributed by atoms with E-state index in [0.29, 0.717) is 23.3 Å². The van der Waals surface area contributed by atoms with Crippen molar-refractivity contribution in [3.63, 3.8) is 0 Å². The highest BCUT2D eigenvalue weighted by Crippen LogP contribution is 2.26. The molecule has 0 fully saturated rings. The van der Waals surface area contributed by atoms with Gasteiger partial charge in [-0.1, -0.05) is 35.4 Å². The summed E-state index contributed by atoms with van der Waals surface area (Å²) in [6, 6.07) is 7.48. The van der Waals surface area contributed by atoms with Crippen LogP contribution in [0.3, 0.4) is 0 Å².